The number of aliphatic hydroxyl groups is 1. The maximum Gasteiger partial charge on any atom is 0.137 e. The van der Waals surface area contributed by atoms with Gasteiger partial charge in [0.1, 0.15) is 5.78 Å². The van der Waals surface area contributed by atoms with E-state index in [1.54, 1.807) is 0 Å². The normalized spacial score (nSPS) is 45.4. The Labute approximate surface area is 178 Å². The third-order valence-corrected chi connectivity index (χ3v) is 10.3. The highest BCUT2D eigenvalue weighted by molar-refractivity contribution is 5.83. The first kappa shape index (κ1) is 21.4. The van der Waals surface area contributed by atoms with Gasteiger partial charge >= 0.3 is 0 Å². The Morgan fingerprint density at radius 3 is 2.48 bits per heavy atom. The van der Waals surface area contributed by atoms with Crippen LogP contribution in [0.3, 0.4) is 0 Å². The Balaban J connectivity index is 1.53. The average molecular weight is 401 g/mol. The highest BCUT2D eigenvalue weighted by atomic mass is 16.3. The lowest BCUT2D eigenvalue weighted by molar-refractivity contribution is -0.151. The predicted molar refractivity (Wildman–Crippen MR) is 120 cm³/mol. The van der Waals surface area contributed by atoms with E-state index in [2.05, 4.69) is 34.6 Å². The van der Waals surface area contributed by atoms with Gasteiger partial charge in [-0.1, -0.05) is 53.9 Å². The monoisotopic (exact) mass is 400 g/mol. The Morgan fingerprint density at radius 1 is 1.03 bits per heavy atom. The summed E-state index contributed by atoms with van der Waals surface area (Å²) in [6.45, 7) is 12.2. The van der Waals surface area contributed by atoms with E-state index < -0.39 is 0 Å². The van der Waals surface area contributed by atoms with Crippen LogP contribution in [0.5, 0.6) is 0 Å². The lowest BCUT2D eigenvalue weighted by atomic mass is 9.45. The van der Waals surface area contributed by atoms with Gasteiger partial charge in [0.25, 0.3) is 0 Å². The summed E-state index contributed by atoms with van der Waals surface area (Å²) >= 11 is 0. The molecule has 4 aliphatic carbocycles. The van der Waals surface area contributed by atoms with Gasteiger partial charge in [0.2, 0.25) is 0 Å². The minimum absolute atomic E-state index is 0.215. The number of ketones is 1. The molecule has 0 saturated heterocycles. The SMILES string of the molecule is CC(C)CCC[C@@H](C)[C@H]1CC[C@H]2[C@@H]3C(=O)CC4C=C(O)CC[C@]4(C)[C@H]3CC[C@]12C. The lowest BCUT2D eigenvalue weighted by Gasteiger charge is -2.59. The minimum atomic E-state index is 0.215. The fourth-order valence-corrected chi connectivity index (χ4v) is 8.55. The van der Waals surface area contributed by atoms with Crippen LogP contribution in [0.1, 0.15) is 98.8 Å². The van der Waals surface area contributed by atoms with E-state index in [1.165, 1.54) is 44.9 Å². The lowest BCUT2D eigenvalue weighted by Crippen LogP contribution is -2.56. The van der Waals surface area contributed by atoms with E-state index in [4.69, 9.17) is 0 Å². The van der Waals surface area contributed by atoms with E-state index >= 15 is 0 Å². The fourth-order valence-electron chi connectivity index (χ4n) is 8.55. The Morgan fingerprint density at radius 2 is 1.76 bits per heavy atom. The Kier molecular flexibility index (Phi) is 5.71. The molecule has 3 fully saturated rings. The topological polar surface area (TPSA) is 37.3 Å². The van der Waals surface area contributed by atoms with E-state index in [0.717, 1.165) is 30.6 Å². The highest BCUT2D eigenvalue weighted by Crippen LogP contribution is 2.67. The second kappa shape index (κ2) is 7.72. The van der Waals surface area contributed by atoms with Gasteiger partial charge < -0.3 is 5.11 Å². The molecule has 2 nitrogen and oxygen atoms in total. The van der Waals surface area contributed by atoms with Crippen LogP contribution in [0.4, 0.5) is 0 Å². The van der Waals surface area contributed by atoms with Crippen molar-refractivity contribution in [3.63, 3.8) is 0 Å². The molecule has 0 aromatic carbocycles. The van der Waals surface area contributed by atoms with E-state index in [9.17, 15) is 9.90 Å². The standard InChI is InChI=1S/C27H44O2/c1-17(2)7-6-8-18(3)21-9-10-22-25-23(12-14-27(21,22)5)26(4)13-11-20(28)15-19(26)16-24(25)29/h15,17-19,21-23,25,28H,6-14,16H2,1-5H3/t18-,19?,21-,22+,23+,25+,26+,27-/m1/s1. The molecule has 2 heteroatoms. The summed E-state index contributed by atoms with van der Waals surface area (Å²) < 4.78 is 0. The zero-order chi connectivity index (χ0) is 21.0. The molecule has 0 amide bonds. The van der Waals surface area contributed by atoms with Crippen LogP contribution in [0, 0.1) is 52.3 Å². The van der Waals surface area contributed by atoms with Gasteiger partial charge in [-0.25, -0.2) is 0 Å². The van der Waals surface area contributed by atoms with Crippen LogP contribution in [0.25, 0.3) is 0 Å². The molecule has 0 aromatic heterocycles. The van der Waals surface area contributed by atoms with Crippen molar-refractivity contribution >= 4 is 5.78 Å². The molecule has 0 heterocycles. The van der Waals surface area contributed by atoms with E-state index in [1.807, 2.05) is 6.08 Å². The first-order chi connectivity index (χ1) is 13.7. The number of aliphatic hydroxyl groups excluding tert-OH is 1. The Hall–Kier alpha value is -0.790. The zero-order valence-corrected chi connectivity index (χ0v) is 19.5. The number of carbonyl (C=O) groups is 1. The summed E-state index contributed by atoms with van der Waals surface area (Å²) in [5, 5.41) is 10.1. The number of allylic oxidation sites excluding steroid dienone is 2. The van der Waals surface area contributed by atoms with Crippen molar-refractivity contribution in [2.24, 2.45) is 52.3 Å². The van der Waals surface area contributed by atoms with Crippen LogP contribution >= 0.6 is 0 Å². The number of hydrogen-bond donors (Lipinski definition) is 1. The molecule has 0 aromatic rings. The molecular formula is C27H44O2. The number of fused-ring (bicyclic) bond motifs is 5. The summed E-state index contributed by atoms with van der Waals surface area (Å²) in [7, 11) is 0. The summed E-state index contributed by atoms with van der Waals surface area (Å²) in [6, 6.07) is 0. The van der Waals surface area contributed by atoms with Crippen molar-refractivity contribution in [1.82, 2.24) is 0 Å². The second-order valence-electron chi connectivity index (χ2n) is 12.2. The third-order valence-electron chi connectivity index (χ3n) is 10.3. The van der Waals surface area contributed by atoms with Crippen LogP contribution in [-0.2, 0) is 4.79 Å². The molecule has 1 N–H and O–H groups in total. The van der Waals surface area contributed by atoms with Gasteiger partial charge in [-0.15, -0.1) is 0 Å². The minimum Gasteiger partial charge on any atom is -0.513 e. The summed E-state index contributed by atoms with van der Waals surface area (Å²) in [5.41, 5.74) is 0.580. The van der Waals surface area contributed by atoms with Crippen molar-refractivity contribution in [2.75, 3.05) is 0 Å². The van der Waals surface area contributed by atoms with Crippen LogP contribution in [0.2, 0.25) is 0 Å². The van der Waals surface area contributed by atoms with Crippen molar-refractivity contribution in [3.05, 3.63) is 11.8 Å². The largest absolute Gasteiger partial charge is 0.513 e. The summed E-state index contributed by atoms with van der Waals surface area (Å²) in [6.07, 6.45) is 13.8. The van der Waals surface area contributed by atoms with Gasteiger partial charge in [0.05, 0.1) is 5.76 Å². The molecule has 164 valence electrons. The van der Waals surface area contributed by atoms with Gasteiger partial charge in [0, 0.05) is 18.8 Å². The zero-order valence-electron chi connectivity index (χ0n) is 19.5. The molecule has 4 aliphatic rings. The Bertz CT molecular complexity index is 663. The number of carbonyl (C=O) groups excluding carboxylic acids is 1. The number of rotatable bonds is 5. The molecule has 8 atom stereocenters. The second-order valence-corrected chi connectivity index (χ2v) is 12.2. The molecule has 0 spiro atoms. The molecule has 1 unspecified atom stereocenters. The quantitative estimate of drug-likeness (QED) is 0.524. The molecule has 29 heavy (non-hydrogen) atoms. The van der Waals surface area contributed by atoms with E-state index in [0.29, 0.717) is 35.2 Å². The maximum absolute atomic E-state index is 13.4. The first-order valence-corrected chi connectivity index (χ1v) is 12.6. The average Bonchev–Trinajstić information content (AvgIpc) is 3.00. The molecule has 4 rings (SSSR count). The smallest absolute Gasteiger partial charge is 0.137 e. The first-order valence-electron chi connectivity index (χ1n) is 12.6. The maximum atomic E-state index is 13.4. The summed E-state index contributed by atoms with van der Waals surface area (Å²) in [4.78, 5) is 13.4. The highest BCUT2D eigenvalue weighted by Gasteiger charge is 2.62. The molecule has 0 radical (unpaired) electrons. The van der Waals surface area contributed by atoms with Crippen LogP contribution < -0.4 is 0 Å². The van der Waals surface area contributed by atoms with Crippen LogP contribution in [0.15, 0.2) is 11.8 Å². The van der Waals surface area contributed by atoms with Gasteiger partial charge in [-0.3, -0.25) is 4.79 Å². The van der Waals surface area contributed by atoms with Crippen molar-refractivity contribution < 1.29 is 9.90 Å². The van der Waals surface area contributed by atoms with Crippen molar-refractivity contribution in [2.45, 2.75) is 98.8 Å². The third kappa shape index (κ3) is 3.51. The van der Waals surface area contributed by atoms with E-state index in [-0.39, 0.29) is 17.3 Å². The number of hydrogen-bond acceptors (Lipinski definition) is 2. The molecular weight excluding hydrogens is 356 g/mol. The van der Waals surface area contributed by atoms with Gasteiger partial charge in [0.15, 0.2) is 0 Å². The predicted octanol–water partition coefficient (Wildman–Crippen LogP) is 7.34. The summed E-state index contributed by atoms with van der Waals surface area (Å²) in [5.74, 6) is 5.13. The van der Waals surface area contributed by atoms with Crippen molar-refractivity contribution in [1.29, 1.82) is 0 Å². The number of Topliss-reactive ketones (excluding diaryl/α,β-unsaturated/α-hetero) is 1. The molecule has 0 aliphatic heterocycles. The molecule has 0 bridgehead atoms. The van der Waals surface area contributed by atoms with Gasteiger partial charge in [-0.05, 0) is 84.5 Å². The van der Waals surface area contributed by atoms with Crippen molar-refractivity contribution in [3.8, 4) is 0 Å². The van der Waals surface area contributed by atoms with Crippen LogP contribution in [-0.4, -0.2) is 10.9 Å². The molecule has 3 saturated carbocycles. The fraction of sp³-hybridized carbons (Fsp3) is 0.889. The van der Waals surface area contributed by atoms with Gasteiger partial charge in [-0.2, -0.15) is 0 Å².